The quantitative estimate of drug-likeness (QED) is 0.156. The van der Waals surface area contributed by atoms with Gasteiger partial charge in [0.2, 0.25) is 5.91 Å². The molecular formula is C22H35IN4O5. The van der Waals surface area contributed by atoms with Gasteiger partial charge in [0, 0.05) is 57.4 Å². The number of hydrogen-bond donors (Lipinski definition) is 3. The van der Waals surface area contributed by atoms with Crippen LogP contribution in [0.15, 0.2) is 23.2 Å². The third-order valence-corrected chi connectivity index (χ3v) is 4.82. The van der Waals surface area contributed by atoms with Crippen LogP contribution in [0.25, 0.3) is 0 Å². The minimum atomic E-state index is 0. The van der Waals surface area contributed by atoms with E-state index >= 15 is 0 Å². The van der Waals surface area contributed by atoms with Gasteiger partial charge in [0.15, 0.2) is 17.5 Å². The van der Waals surface area contributed by atoms with Gasteiger partial charge in [-0.3, -0.25) is 9.79 Å². The lowest BCUT2D eigenvalue weighted by Gasteiger charge is -2.15. The number of carbonyl (C=O) groups is 1. The molecular weight excluding hydrogens is 527 g/mol. The summed E-state index contributed by atoms with van der Waals surface area (Å²) in [5, 5.41) is 9.55. The zero-order valence-corrected chi connectivity index (χ0v) is 21.0. The van der Waals surface area contributed by atoms with E-state index < -0.39 is 0 Å². The van der Waals surface area contributed by atoms with Crippen LogP contribution < -0.4 is 25.4 Å². The fraction of sp³-hybridized carbons (Fsp3) is 0.636. The molecule has 0 aromatic heterocycles. The van der Waals surface area contributed by atoms with E-state index in [1.807, 2.05) is 18.2 Å². The average molecular weight is 562 g/mol. The van der Waals surface area contributed by atoms with Crippen LogP contribution in [-0.4, -0.2) is 71.6 Å². The lowest BCUT2D eigenvalue weighted by molar-refractivity contribution is -0.122. The van der Waals surface area contributed by atoms with E-state index in [1.54, 1.807) is 7.11 Å². The molecule has 1 heterocycles. The zero-order chi connectivity index (χ0) is 21.7. The number of ether oxygens (including phenoxy) is 4. The highest BCUT2D eigenvalue weighted by Crippen LogP contribution is 2.32. The molecule has 0 bridgehead atoms. The molecule has 1 aliphatic heterocycles. The van der Waals surface area contributed by atoms with E-state index in [0.717, 1.165) is 42.9 Å². The highest BCUT2D eigenvalue weighted by atomic mass is 127. The monoisotopic (exact) mass is 562 g/mol. The van der Waals surface area contributed by atoms with E-state index in [0.29, 0.717) is 58.6 Å². The number of fused-ring (bicyclic) bond motifs is 1. The smallest absolute Gasteiger partial charge is 0.223 e. The summed E-state index contributed by atoms with van der Waals surface area (Å²) in [5.41, 5.74) is 0.855. The van der Waals surface area contributed by atoms with Crippen molar-refractivity contribution in [3.63, 3.8) is 0 Å². The van der Waals surface area contributed by atoms with Gasteiger partial charge in [-0.1, -0.05) is 0 Å². The van der Waals surface area contributed by atoms with E-state index in [2.05, 4.69) is 20.9 Å². The second-order valence-electron chi connectivity index (χ2n) is 7.52. The van der Waals surface area contributed by atoms with Crippen molar-refractivity contribution in [3.8, 4) is 11.5 Å². The van der Waals surface area contributed by atoms with Crippen molar-refractivity contribution in [1.82, 2.24) is 10.6 Å². The van der Waals surface area contributed by atoms with Crippen LogP contribution in [0.4, 0.5) is 5.69 Å². The van der Waals surface area contributed by atoms with Gasteiger partial charge in [-0.25, -0.2) is 0 Å². The minimum Gasteiger partial charge on any atom is -0.490 e. The fourth-order valence-electron chi connectivity index (χ4n) is 2.98. The number of hydrogen-bond acceptors (Lipinski definition) is 6. The summed E-state index contributed by atoms with van der Waals surface area (Å²) in [6.07, 6.45) is 3.68. The Kier molecular flexibility index (Phi) is 12.5. The molecule has 3 N–H and O–H groups in total. The summed E-state index contributed by atoms with van der Waals surface area (Å²) in [6, 6.07) is 5.76. The molecule has 0 atom stereocenters. The summed E-state index contributed by atoms with van der Waals surface area (Å²) >= 11 is 0. The van der Waals surface area contributed by atoms with Crippen LogP contribution in [0.2, 0.25) is 0 Å². The highest BCUT2D eigenvalue weighted by Gasteiger charge is 2.28. The molecule has 0 radical (unpaired) electrons. The molecule has 1 aliphatic carbocycles. The summed E-state index contributed by atoms with van der Waals surface area (Å²) in [7, 11) is 1.66. The molecule has 32 heavy (non-hydrogen) atoms. The molecule has 10 heteroatoms. The predicted octanol–water partition coefficient (Wildman–Crippen LogP) is 2.40. The molecule has 0 saturated heterocycles. The predicted molar refractivity (Wildman–Crippen MR) is 134 cm³/mol. The molecule has 0 spiro atoms. The highest BCUT2D eigenvalue weighted by molar-refractivity contribution is 14.0. The van der Waals surface area contributed by atoms with Crippen LogP contribution in [0, 0.1) is 5.92 Å². The molecule has 2 aliphatic rings. The molecule has 1 aromatic carbocycles. The second-order valence-corrected chi connectivity index (χ2v) is 7.52. The third kappa shape index (κ3) is 9.78. The van der Waals surface area contributed by atoms with Gasteiger partial charge >= 0.3 is 0 Å². The van der Waals surface area contributed by atoms with Gasteiger partial charge in [0.05, 0.1) is 26.4 Å². The van der Waals surface area contributed by atoms with Crippen LogP contribution in [0.5, 0.6) is 11.5 Å². The Morgan fingerprint density at radius 1 is 1.09 bits per heavy atom. The minimum absolute atomic E-state index is 0. The molecule has 1 saturated carbocycles. The number of amides is 1. The standard InChI is InChI=1S/C22H34N4O5.HI/c1-28-14-15-29-11-2-8-24-22(25-10-9-23-21(27)17-4-5-17)26-18-6-7-19-20(16-18)31-13-3-12-30-19;/h6-7,16-17H,2-5,8-15H2,1H3,(H,23,27)(H2,24,25,26);1H. The average Bonchev–Trinajstić information content (AvgIpc) is 3.63. The number of guanidine groups is 1. The van der Waals surface area contributed by atoms with Crippen molar-refractivity contribution in [2.75, 3.05) is 65.1 Å². The van der Waals surface area contributed by atoms with Crippen LogP contribution >= 0.6 is 24.0 Å². The number of aliphatic imine (C=N–C) groups is 1. The van der Waals surface area contributed by atoms with E-state index in [9.17, 15) is 4.79 Å². The van der Waals surface area contributed by atoms with Crippen LogP contribution in [0.1, 0.15) is 25.7 Å². The number of anilines is 1. The summed E-state index contributed by atoms with van der Waals surface area (Å²) < 4.78 is 21.9. The molecule has 180 valence electrons. The van der Waals surface area contributed by atoms with Crippen LogP contribution in [-0.2, 0) is 14.3 Å². The van der Waals surface area contributed by atoms with Crippen molar-refractivity contribution in [3.05, 3.63) is 18.2 Å². The Bertz CT molecular complexity index is 730. The number of carbonyl (C=O) groups excluding carboxylic acids is 1. The first-order chi connectivity index (χ1) is 15.3. The second kappa shape index (κ2) is 15.1. The van der Waals surface area contributed by atoms with Gasteiger partial charge in [0.25, 0.3) is 0 Å². The lowest BCUT2D eigenvalue weighted by atomic mass is 10.2. The Morgan fingerprint density at radius 3 is 2.66 bits per heavy atom. The van der Waals surface area contributed by atoms with Gasteiger partial charge in [-0.15, -0.1) is 24.0 Å². The van der Waals surface area contributed by atoms with Crippen molar-refractivity contribution >= 4 is 41.5 Å². The lowest BCUT2D eigenvalue weighted by Crippen LogP contribution is -2.38. The SMILES string of the molecule is COCCOCCCN=C(NCCNC(=O)C1CC1)Nc1ccc2c(c1)OCCCO2.I. The van der Waals surface area contributed by atoms with E-state index in [-0.39, 0.29) is 35.8 Å². The van der Waals surface area contributed by atoms with Crippen LogP contribution in [0.3, 0.4) is 0 Å². The first-order valence-electron chi connectivity index (χ1n) is 11.1. The van der Waals surface area contributed by atoms with Crippen molar-refractivity contribution < 1.29 is 23.7 Å². The van der Waals surface area contributed by atoms with Crippen molar-refractivity contribution in [2.24, 2.45) is 10.9 Å². The molecule has 3 rings (SSSR count). The first-order valence-corrected chi connectivity index (χ1v) is 11.1. The molecule has 0 unspecified atom stereocenters. The molecule has 1 aromatic rings. The Morgan fingerprint density at radius 2 is 1.88 bits per heavy atom. The third-order valence-electron chi connectivity index (χ3n) is 4.82. The maximum Gasteiger partial charge on any atom is 0.223 e. The fourth-order valence-corrected chi connectivity index (χ4v) is 2.98. The summed E-state index contributed by atoms with van der Waals surface area (Å²) in [4.78, 5) is 16.4. The largest absolute Gasteiger partial charge is 0.490 e. The summed E-state index contributed by atoms with van der Waals surface area (Å²) in [6.45, 7) is 4.85. The Balaban J connectivity index is 0.00000363. The number of nitrogens with one attached hydrogen (secondary N) is 3. The number of benzene rings is 1. The topological polar surface area (TPSA) is 102 Å². The van der Waals surface area contributed by atoms with Gasteiger partial charge in [-0.05, 0) is 31.4 Å². The molecule has 1 fully saturated rings. The number of methoxy groups -OCH3 is 1. The number of rotatable bonds is 12. The molecule has 1 amide bonds. The summed E-state index contributed by atoms with van der Waals surface area (Å²) in [5.74, 6) is 2.48. The van der Waals surface area contributed by atoms with Gasteiger partial charge in [-0.2, -0.15) is 0 Å². The molecule has 9 nitrogen and oxygen atoms in total. The van der Waals surface area contributed by atoms with E-state index in [1.165, 1.54) is 0 Å². The Labute approximate surface area is 207 Å². The maximum absolute atomic E-state index is 11.8. The van der Waals surface area contributed by atoms with Gasteiger partial charge in [0.1, 0.15) is 0 Å². The Hall–Kier alpha value is -1.79. The first kappa shape index (κ1) is 26.5. The van der Waals surface area contributed by atoms with Crippen molar-refractivity contribution in [1.29, 1.82) is 0 Å². The maximum atomic E-state index is 11.8. The van der Waals surface area contributed by atoms with Crippen molar-refractivity contribution in [2.45, 2.75) is 25.7 Å². The number of nitrogens with zero attached hydrogens (tertiary/aromatic N) is 1. The van der Waals surface area contributed by atoms with E-state index in [4.69, 9.17) is 18.9 Å². The normalized spacial score (nSPS) is 15.3. The number of halogens is 1. The zero-order valence-electron chi connectivity index (χ0n) is 18.7. The van der Waals surface area contributed by atoms with Gasteiger partial charge < -0.3 is 34.9 Å².